The van der Waals surface area contributed by atoms with Crippen molar-refractivity contribution in [2.24, 2.45) is 4.99 Å². The zero-order valence-corrected chi connectivity index (χ0v) is 9.78. The van der Waals surface area contributed by atoms with Crippen LogP contribution in [0, 0.1) is 0 Å². The third kappa shape index (κ3) is 1.86. The van der Waals surface area contributed by atoms with Gasteiger partial charge in [0, 0.05) is 6.42 Å². The number of aliphatic imine (C=N–C) groups is 1. The van der Waals surface area contributed by atoms with Crippen molar-refractivity contribution in [1.29, 1.82) is 0 Å². The molecule has 1 aliphatic carbocycles. The van der Waals surface area contributed by atoms with Gasteiger partial charge in [-0.05, 0) is 18.4 Å². The number of amidine groups is 1. The first-order chi connectivity index (χ1) is 8.28. The van der Waals surface area contributed by atoms with Gasteiger partial charge in [-0.3, -0.25) is 9.79 Å². The molecule has 88 valence electrons. The van der Waals surface area contributed by atoms with Crippen LogP contribution in [0.5, 0.6) is 0 Å². The number of carbonyl (C=O) groups is 1. The van der Waals surface area contributed by atoms with Gasteiger partial charge in [0.25, 0.3) is 5.91 Å². The van der Waals surface area contributed by atoms with Gasteiger partial charge >= 0.3 is 0 Å². The summed E-state index contributed by atoms with van der Waals surface area (Å²) in [5.41, 5.74) is 0.783. The SMILES string of the molecule is O=C1NC(Cc2ccccc2)=NC12CCCC2. The summed E-state index contributed by atoms with van der Waals surface area (Å²) in [5.74, 6) is 0.948. The number of benzene rings is 1. The molecule has 1 aromatic carbocycles. The summed E-state index contributed by atoms with van der Waals surface area (Å²) < 4.78 is 0. The van der Waals surface area contributed by atoms with Crippen LogP contribution in [0.25, 0.3) is 0 Å². The molecule has 3 rings (SSSR count). The molecule has 1 aromatic rings. The Morgan fingerprint density at radius 2 is 1.88 bits per heavy atom. The number of nitrogens with one attached hydrogen (secondary N) is 1. The van der Waals surface area contributed by atoms with Gasteiger partial charge in [0.2, 0.25) is 0 Å². The van der Waals surface area contributed by atoms with Crippen LogP contribution >= 0.6 is 0 Å². The van der Waals surface area contributed by atoms with Crippen LogP contribution in [0.3, 0.4) is 0 Å². The van der Waals surface area contributed by atoms with E-state index < -0.39 is 5.54 Å². The third-order valence-corrected chi connectivity index (χ3v) is 3.67. The van der Waals surface area contributed by atoms with E-state index in [-0.39, 0.29) is 5.91 Å². The molecule has 0 atom stereocenters. The van der Waals surface area contributed by atoms with Gasteiger partial charge in [-0.25, -0.2) is 0 Å². The van der Waals surface area contributed by atoms with Crippen LogP contribution in [0.1, 0.15) is 31.2 Å². The zero-order chi connectivity index (χ0) is 11.7. The maximum Gasteiger partial charge on any atom is 0.253 e. The number of hydrogen-bond acceptors (Lipinski definition) is 2. The van der Waals surface area contributed by atoms with Crippen molar-refractivity contribution >= 4 is 11.7 Å². The molecule has 1 spiro atoms. The Balaban J connectivity index is 1.80. The van der Waals surface area contributed by atoms with E-state index in [4.69, 9.17) is 0 Å². The summed E-state index contributed by atoms with van der Waals surface area (Å²) in [6.45, 7) is 0. The topological polar surface area (TPSA) is 41.5 Å². The van der Waals surface area contributed by atoms with Gasteiger partial charge in [-0.15, -0.1) is 0 Å². The monoisotopic (exact) mass is 228 g/mol. The number of hydrogen-bond donors (Lipinski definition) is 1. The molecule has 1 saturated carbocycles. The number of amides is 1. The fourth-order valence-corrected chi connectivity index (χ4v) is 2.76. The summed E-state index contributed by atoms with van der Waals surface area (Å²) in [6, 6.07) is 10.1. The summed E-state index contributed by atoms with van der Waals surface area (Å²) in [5, 5.41) is 2.95. The van der Waals surface area contributed by atoms with Gasteiger partial charge in [0.05, 0.1) is 0 Å². The minimum atomic E-state index is -0.413. The molecule has 1 heterocycles. The normalized spacial score (nSPS) is 21.6. The lowest BCUT2D eigenvalue weighted by Crippen LogP contribution is -2.37. The van der Waals surface area contributed by atoms with Crippen molar-refractivity contribution in [3.05, 3.63) is 35.9 Å². The molecule has 1 amide bonds. The van der Waals surface area contributed by atoms with E-state index >= 15 is 0 Å². The quantitative estimate of drug-likeness (QED) is 0.827. The van der Waals surface area contributed by atoms with Crippen molar-refractivity contribution in [2.75, 3.05) is 0 Å². The standard InChI is InChI=1S/C14H16N2O/c17-13-14(8-4-5-9-14)16-12(15-13)10-11-6-2-1-3-7-11/h1-3,6-7H,4-5,8-10H2,(H,15,16,17). The maximum atomic E-state index is 12.0. The molecule has 3 heteroatoms. The van der Waals surface area contributed by atoms with Gasteiger partial charge in [0.15, 0.2) is 0 Å². The van der Waals surface area contributed by atoms with Crippen LogP contribution < -0.4 is 5.32 Å². The molecule has 0 unspecified atom stereocenters. The maximum absolute atomic E-state index is 12.0. The van der Waals surface area contributed by atoms with Crippen molar-refractivity contribution in [3.8, 4) is 0 Å². The predicted molar refractivity (Wildman–Crippen MR) is 66.9 cm³/mol. The minimum Gasteiger partial charge on any atom is -0.312 e. The van der Waals surface area contributed by atoms with E-state index in [0.717, 1.165) is 37.9 Å². The van der Waals surface area contributed by atoms with Crippen LogP contribution in [0.15, 0.2) is 35.3 Å². The molecular weight excluding hydrogens is 212 g/mol. The van der Waals surface area contributed by atoms with Crippen LogP contribution in [0.4, 0.5) is 0 Å². The highest BCUT2D eigenvalue weighted by atomic mass is 16.2. The molecule has 0 bridgehead atoms. The molecule has 0 radical (unpaired) electrons. The fraction of sp³-hybridized carbons (Fsp3) is 0.429. The van der Waals surface area contributed by atoms with Gasteiger partial charge in [0.1, 0.15) is 11.4 Å². The van der Waals surface area contributed by atoms with E-state index in [1.165, 1.54) is 5.56 Å². The second-order valence-electron chi connectivity index (χ2n) is 4.91. The smallest absolute Gasteiger partial charge is 0.253 e. The van der Waals surface area contributed by atoms with Crippen molar-refractivity contribution in [1.82, 2.24) is 5.32 Å². The molecule has 17 heavy (non-hydrogen) atoms. The number of carbonyl (C=O) groups excluding carboxylic acids is 1. The van der Waals surface area contributed by atoms with Gasteiger partial charge in [-0.1, -0.05) is 43.2 Å². The van der Waals surface area contributed by atoms with Gasteiger partial charge < -0.3 is 5.32 Å². The first-order valence-electron chi connectivity index (χ1n) is 6.23. The number of nitrogens with zero attached hydrogens (tertiary/aromatic N) is 1. The first kappa shape index (κ1) is 10.5. The van der Waals surface area contributed by atoms with E-state index in [1.54, 1.807) is 0 Å². The average Bonchev–Trinajstić information content (AvgIpc) is 2.90. The molecule has 1 N–H and O–H groups in total. The lowest BCUT2D eigenvalue weighted by Gasteiger charge is -2.14. The van der Waals surface area contributed by atoms with Crippen molar-refractivity contribution < 1.29 is 4.79 Å². The van der Waals surface area contributed by atoms with E-state index in [0.29, 0.717) is 0 Å². The molecule has 1 aliphatic heterocycles. The summed E-state index contributed by atoms with van der Waals surface area (Å²) in [6.07, 6.45) is 4.80. The highest BCUT2D eigenvalue weighted by Crippen LogP contribution is 2.36. The summed E-state index contributed by atoms with van der Waals surface area (Å²) in [4.78, 5) is 16.6. The molecule has 1 fully saturated rings. The molecule has 0 saturated heterocycles. The highest BCUT2D eigenvalue weighted by Gasteiger charge is 2.45. The Kier molecular flexibility index (Phi) is 2.46. The van der Waals surface area contributed by atoms with E-state index in [9.17, 15) is 4.79 Å². The third-order valence-electron chi connectivity index (χ3n) is 3.67. The number of rotatable bonds is 2. The van der Waals surface area contributed by atoms with Crippen LogP contribution in [0.2, 0.25) is 0 Å². The van der Waals surface area contributed by atoms with Crippen molar-refractivity contribution in [3.63, 3.8) is 0 Å². The molecule has 2 aliphatic rings. The zero-order valence-electron chi connectivity index (χ0n) is 9.78. The second-order valence-corrected chi connectivity index (χ2v) is 4.91. The highest BCUT2D eigenvalue weighted by molar-refractivity contribution is 6.09. The first-order valence-corrected chi connectivity index (χ1v) is 6.23. The Morgan fingerprint density at radius 1 is 1.18 bits per heavy atom. The molecule has 3 nitrogen and oxygen atoms in total. The Hall–Kier alpha value is -1.64. The Morgan fingerprint density at radius 3 is 2.59 bits per heavy atom. The Bertz CT molecular complexity index is 458. The summed E-state index contributed by atoms with van der Waals surface area (Å²) >= 11 is 0. The molecule has 0 aromatic heterocycles. The fourth-order valence-electron chi connectivity index (χ4n) is 2.76. The second kappa shape index (κ2) is 3.99. The predicted octanol–water partition coefficient (Wildman–Crippen LogP) is 2.07. The minimum absolute atomic E-state index is 0.112. The average molecular weight is 228 g/mol. The van der Waals surface area contributed by atoms with E-state index in [2.05, 4.69) is 22.4 Å². The Labute approximate surface area is 101 Å². The van der Waals surface area contributed by atoms with E-state index in [1.807, 2.05) is 18.2 Å². The van der Waals surface area contributed by atoms with Crippen molar-refractivity contribution in [2.45, 2.75) is 37.6 Å². The van der Waals surface area contributed by atoms with Crippen LogP contribution in [-0.2, 0) is 11.2 Å². The largest absolute Gasteiger partial charge is 0.312 e. The molecular formula is C14H16N2O. The van der Waals surface area contributed by atoms with Gasteiger partial charge in [-0.2, -0.15) is 0 Å². The lowest BCUT2D eigenvalue weighted by atomic mass is 9.99. The lowest BCUT2D eigenvalue weighted by molar-refractivity contribution is -0.123. The van der Waals surface area contributed by atoms with Crippen LogP contribution in [-0.4, -0.2) is 17.3 Å². The summed E-state index contributed by atoms with van der Waals surface area (Å²) in [7, 11) is 0.